The summed E-state index contributed by atoms with van der Waals surface area (Å²) in [4.78, 5) is 0. The van der Waals surface area contributed by atoms with E-state index in [0.29, 0.717) is 5.54 Å². The lowest BCUT2D eigenvalue weighted by molar-refractivity contribution is -0.0102. The molecule has 0 unspecified atom stereocenters. The lowest BCUT2D eigenvalue weighted by atomic mass is 9.53. The SMILES string of the molecule is S=C(NC[C@H]1C[C@H]2CC[C@@H]1C2)NC12CC3CC(CC(C3)C1)C2. The molecule has 0 saturated heterocycles. The number of fused-ring (bicyclic) bond motifs is 2. The molecular formula is C19H30N2S. The summed E-state index contributed by atoms with van der Waals surface area (Å²) < 4.78 is 0. The molecule has 0 radical (unpaired) electrons. The third-order valence-electron chi connectivity index (χ3n) is 7.83. The summed E-state index contributed by atoms with van der Waals surface area (Å²) in [7, 11) is 0. The van der Waals surface area contributed by atoms with E-state index in [4.69, 9.17) is 12.2 Å². The predicted molar refractivity (Wildman–Crippen MR) is 93.6 cm³/mol. The second-order valence-electron chi connectivity index (χ2n) is 9.47. The van der Waals surface area contributed by atoms with Crippen LogP contribution in [0.1, 0.15) is 64.2 Å². The van der Waals surface area contributed by atoms with Crippen molar-refractivity contribution in [2.75, 3.05) is 6.54 Å². The van der Waals surface area contributed by atoms with Gasteiger partial charge in [0.2, 0.25) is 0 Å². The Bertz CT molecular complexity index is 439. The van der Waals surface area contributed by atoms with E-state index in [1.807, 2.05) is 0 Å². The van der Waals surface area contributed by atoms with Gasteiger partial charge in [0.1, 0.15) is 0 Å². The van der Waals surface area contributed by atoms with Crippen molar-refractivity contribution >= 4 is 17.3 Å². The van der Waals surface area contributed by atoms with Crippen molar-refractivity contribution in [3.63, 3.8) is 0 Å². The van der Waals surface area contributed by atoms with Crippen LogP contribution in [0.4, 0.5) is 0 Å². The highest BCUT2D eigenvalue weighted by molar-refractivity contribution is 7.80. The Labute approximate surface area is 140 Å². The standard InChI is InChI=1S/C19H30N2S/c22-18(20-11-17-7-12-1-2-16(17)6-12)21-19-8-13-3-14(9-19)5-15(4-13)10-19/h12-17H,1-11H2,(H2,20,21,22)/t12-,13?,14?,15?,16+,17+,19?/m0/s1. The van der Waals surface area contributed by atoms with Gasteiger partial charge in [0.15, 0.2) is 5.11 Å². The van der Waals surface area contributed by atoms with E-state index < -0.39 is 0 Å². The molecule has 0 spiro atoms. The summed E-state index contributed by atoms with van der Waals surface area (Å²) in [5.74, 6) is 5.92. The van der Waals surface area contributed by atoms with E-state index in [2.05, 4.69) is 10.6 Å². The number of rotatable bonds is 3. The van der Waals surface area contributed by atoms with Gasteiger partial charge in [0.25, 0.3) is 0 Å². The summed E-state index contributed by atoms with van der Waals surface area (Å²) in [5.41, 5.74) is 0.369. The number of thiocarbonyl (C=S) groups is 1. The fraction of sp³-hybridized carbons (Fsp3) is 0.947. The Morgan fingerprint density at radius 1 is 0.864 bits per heavy atom. The normalized spacial score (nSPS) is 51.3. The van der Waals surface area contributed by atoms with Gasteiger partial charge in [0, 0.05) is 12.1 Å². The van der Waals surface area contributed by atoms with Crippen molar-refractivity contribution in [1.82, 2.24) is 10.6 Å². The van der Waals surface area contributed by atoms with E-state index >= 15 is 0 Å². The quantitative estimate of drug-likeness (QED) is 0.773. The molecule has 2 nitrogen and oxygen atoms in total. The number of hydrogen-bond acceptors (Lipinski definition) is 1. The zero-order chi connectivity index (χ0) is 14.7. The van der Waals surface area contributed by atoms with E-state index in [9.17, 15) is 0 Å². The summed E-state index contributed by atoms with van der Waals surface area (Å²) in [5, 5.41) is 8.38. The van der Waals surface area contributed by atoms with Crippen LogP contribution in [0.3, 0.4) is 0 Å². The van der Waals surface area contributed by atoms with E-state index in [-0.39, 0.29) is 0 Å². The molecule has 6 bridgehead atoms. The molecule has 22 heavy (non-hydrogen) atoms. The maximum absolute atomic E-state index is 5.69. The van der Waals surface area contributed by atoms with Crippen molar-refractivity contribution < 1.29 is 0 Å². The minimum absolute atomic E-state index is 0.369. The van der Waals surface area contributed by atoms with Crippen LogP contribution in [0, 0.1) is 35.5 Å². The van der Waals surface area contributed by atoms with Crippen LogP contribution in [-0.4, -0.2) is 17.2 Å². The lowest BCUT2D eigenvalue weighted by Gasteiger charge is -2.57. The first-order valence-electron chi connectivity index (χ1n) is 9.73. The third kappa shape index (κ3) is 2.39. The molecule has 122 valence electrons. The molecular weight excluding hydrogens is 288 g/mol. The Kier molecular flexibility index (Phi) is 3.26. The Balaban J connectivity index is 1.17. The van der Waals surface area contributed by atoms with Crippen LogP contribution in [0.5, 0.6) is 0 Å². The molecule has 0 heterocycles. The molecule has 6 aliphatic rings. The first-order valence-corrected chi connectivity index (χ1v) is 10.1. The first-order chi connectivity index (χ1) is 10.7. The molecule has 0 aromatic rings. The molecule has 6 rings (SSSR count). The molecule has 6 saturated carbocycles. The van der Waals surface area contributed by atoms with Crippen LogP contribution in [-0.2, 0) is 0 Å². The van der Waals surface area contributed by atoms with E-state index in [1.54, 1.807) is 0 Å². The highest BCUT2D eigenvalue weighted by atomic mass is 32.1. The van der Waals surface area contributed by atoms with Crippen LogP contribution >= 0.6 is 12.2 Å². The minimum atomic E-state index is 0.369. The summed E-state index contributed by atoms with van der Waals surface area (Å²) in [6.07, 6.45) is 14.6. The average Bonchev–Trinajstić information content (AvgIpc) is 3.05. The molecule has 3 heteroatoms. The van der Waals surface area contributed by atoms with Gasteiger partial charge in [-0.3, -0.25) is 0 Å². The summed E-state index contributed by atoms with van der Waals surface area (Å²) >= 11 is 5.69. The zero-order valence-corrected chi connectivity index (χ0v) is 14.5. The topological polar surface area (TPSA) is 24.1 Å². The highest BCUT2D eigenvalue weighted by Crippen LogP contribution is 2.55. The van der Waals surface area contributed by atoms with Gasteiger partial charge in [-0.1, -0.05) is 6.42 Å². The van der Waals surface area contributed by atoms with Crippen molar-refractivity contribution in [2.24, 2.45) is 35.5 Å². The summed E-state index contributed by atoms with van der Waals surface area (Å²) in [6, 6.07) is 0. The molecule has 3 atom stereocenters. The Morgan fingerprint density at radius 3 is 2.09 bits per heavy atom. The monoisotopic (exact) mass is 318 g/mol. The molecule has 0 aromatic carbocycles. The largest absolute Gasteiger partial charge is 0.362 e. The number of nitrogens with one attached hydrogen (secondary N) is 2. The van der Waals surface area contributed by atoms with Crippen LogP contribution in [0.25, 0.3) is 0 Å². The Hall–Kier alpha value is -0.310. The zero-order valence-electron chi connectivity index (χ0n) is 13.7. The van der Waals surface area contributed by atoms with Gasteiger partial charge < -0.3 is 10.6 Å². The van der Waals surface area contributed by atoms with Gasteiger partial charge in [-0.25, -0.2) is 0 Å². The average molecular weight is 319 g/mol. The second-order valence-corrected chi connectivity index (χ2v) is 9.88. The smallest absolute Gasteiger partial charge is 0.166 e. The Morgan fingerprint density at radius 2 is 1.55 bits per heavy atom. The van der Waals surface area contributed by atoms with Crippen molar-refractivity contribution in [1.29, 1.82) is 0 Å². The predicted octanol–water partition coefficient (Wildman–Crippen LogP) is 3.86. The minimum Gasteiger partial charge on any atom is -0.362 e. The first kappa shape index (κ1) is 14.1. The van der Waals surface area contributed by atoms with Crippen molar-refractivity contribution in [3.8, 4) is 0 Å². The fourth-order valence-corrected chi connectivity index (χ4v) is 7.70. The molecule has 6 fully saturated rings. The van der Waals surface area contributed by atoms with Gasteiger partial charge in [-0.15, -0.1) is 0 Å². The van der Waals surface area contributed by atoms with Crippen molar-refractivity contribution in [3.05, 3.63) is 0 Å². The van der Waals surface area contributed by atoms with Gasteiger partial charge >= 0.3 is 0 Å². The highest BCUT2D eigenvalue weighted by Gasteiger charge is 2.51. The van der Waals surface area contributed by atoms with E-state index in [1.165, 1.54) is 64.2 Å². The molecule has 2 N–H and O–H groups in total. The molecule has 6 aliphatic carbocycles. The maximum atomic E-state index is 5.69. The molecule has 0 aliphatic heterocycles. The third-order valence-corrected chi connectivity index (χ3v) is 8.07. The summed E-state index contributed by atoms with van der Waals surface area (Å²) in [6.45, 7) is 1.12. The molecule has 0 amide bonds. The number of hydrogen-bond donors (Lipinski definition) is 2. The molecule has 0 aromatic heterocycles. The van der Waals surface area contributed by atoms with Gasteiger partial charge in [0.05, 0.1) is 0 Å². The van der Waals surface area contributed by atoms with Crippen LogP contribution in [0.2, 0.25) is 0 Å². The fourth-order valence-electron chi connectivity index (χ4n) is 7.40. The van der Waals surface area contributed by atoms with Crippen molar-refractivity contribution in [2.45, 2.75) is 69.7 Å². The van der Waals surface area contributed by atoms with Gasteiger partial charge in [-0.05, 0) is 106 Å². The van der Waals surface area contributed by atoms with Crippen LogP contribution in [0.15, 0.2) is 0 Å². The van der Waals surface area contributed by atoms with Gasteiger partial charge in [-0.2, -0.15) is 0 Å². The second kappa shape index (κ2) is 5.09. The lowest BCUT2D eigenvalue weighted by Crippen LogP contribution is -2.61. The van der Waals surface area contributed by atoms with E-state index in [0.717, 1.165) is 47.2 Å². The van der Waals surface area contributed by atoms with Crippen LogP contribution < -0.4 is 10.6 Å². The maximum Gasteiger partial charge on any atom is 0.166 e.